The Balaban J connectivity index is 2.04. The lowest BCUT2D eigenvalue weighted by Crippen LogP contribution is -2.32. The van der Waals surface area contributed by atoms with Crippen LogP contribution in [0, 0.1) is 5.92 Å². The summed E-state index contributed by atoms with van der Waals surface area (Å²) in [5, 5.41) is 0.956. The summed E-state index contributed by atoms with van der Waals surface area (Å²) >= 11 is 12.1. The van der Waals surface area contributed by atoms with Crippen molar-refractivity contribution >= 4 is 35.0 Å². The number of primary amides is 1. The molecule has 2 amide bonds. The molecule has 1 atom stereocenters. The standard InChI is InChI=1S/C13H14Cl2N2O2/c14-10-2-1-3-11(15)9(10)6-12(18)17-5-4-8(7-17)13(16)19/h1-3,8H,4-7H2,(H2,16,19)/t8-/m0/s1. The summed E-state index contributed by atoms with van der Waals surface area (Å²) in [6.45, 7) is 0.935. The first-order valence-electron chi connectivity index (χ1n) is 5.99. The van der Waals surface area contributed by atoms with Crippen LogP contribution in [0.4, 0.5) is 0 Å². The summed E-state index contributed by atoms with van der Waals surface area (Å²) < 4.78 is 0. The van der Waals surface area contributed by atoms with Crippen LogP contribution in [0.3, 0.4) is 0 Å². The van der Waals surface area contributed by atoms with E-state index in [9.17, 15) is 9.59 Å². The fraction of sp³-hybridized carbons (Fsp3) is 0.385. The number of halogens is 2. The number of benzene rings is 1. The molecular weight excluding hydrogens is 287 g/mol. The highest BCUT2D eigenvalue weighted by Crippen LogP contribution is 2.26. The Hall–Kier alpha value is -1.26. The molecule has 0 radical (unpaired) electrons. The van der Waals surface area contributed by atoms with Gasteiger partial charge in [0.2, 0.25) is 11.8 Å². The maximum absolute atomic E-state index is 12.1. The maximum atomic E-state index is 12.1. The fourth-order valence-corrected chi connectivity index (χ4v) is 2.71. The Morgan fingerprint density at radius 1 is 1.32 bits per heavy atom. The molecule has 1 aromatic carbocycles. The van der Waals surface area contributed by atoms with Crippen molar-refractivity contribution in [1.82, 2.24) is 4.90 Å². The van der Waals surface area contributed by atoms with Crippen LogP contribution in [0.1, 0.15) is 12.0 Å². The summed E-state index contributed by atoms with van der Waals surface area (Å²) in [4.78, 5) is 24.9. The highest BCUT2D eigenvalue weighted by Gasteiger charge is 2.29. The van der Waals surface area contributed by atoms with E-state index in [0.717, 1.165) is 0 Å². The zero-order valence-electron chi connectivity index (χ0n) is 10.2. The van der Waals surface area contributed by atoms with Crippen molar-refractivity contribution in [3.05, 3.63) is 33.8 Å². The van der Waals surface area contributed by atoms with Crippen LogP contribution in [0.5, 0.6) is 0 Å². The van der Waals surface area contributed by atoms with Gasteiger partial charge in [-0.25, -0.2) is 0 Å². The Bertz CT molecular complexity index is 499. The predicted octanol–water partition coefficient (Wildman–Crippen LogP) is 1.87. The van der Waals surface area contributed by atoms with E-state index in [1.165, 1.54) is 0 Å². The van der Waals surface area contributed by atoms with Crippen LogP contribution in [0.25, 0.3) is 0 Å². The monoisotopic (exact) mass is 300 g/mol. The van der Waals surface area contributed by atoms with Gasteiger partial charge in [0.15, 0.2) is 0 Å². The third-order valence-electron chi connectivity index (χ3n) is 3.33. The van der Waals surface area contributed by atoms with Crippen LogP contribution in [0.2, 0.25) is 10.0 Å². The molecule has 0 bridgehead atoms. The molecule has 0 aromatic heterocycles. The molecule has 0 spiro atoms. The van der Waals surface area contributed by atoms with Gasteiger partial charge in [0.1, 0.15) is 0 Å². The Labute approximate surface area is 121 Å². The molecule has 1 heterocycles. The highest BCUT2D eigenvalue weighted by molar-refractivity contribution is 6.36. The van der Waals surface area contributed by atoms with Crippen molar-refractivity contribution in [3.63, 3.8) is 0 Å². The number of nitrogens with zero attached hydrogens (tertiary/aromatic N) is 1. The van der Waals surface area contributed by atoms with Crippen molar-refractivity contribution in [3.8, 4) is 0 Å². The molecule has 0 unspecified atom stereocenters. The SMILES string of the molecule is NC(=O)[C@H]1CCN(C(=O)Cc2c(Cl)cccc2Cl)C1. The fourth-order valence-electron chi connectivity index (χ4n) is 2.18. The minimum absolute atomic E-state index is 0.0845. The van der Waals surface area contributed by atoms with Gasteiger partial charge in [-0.3, -0.25) is 9.59 Å². The first kappa shape index (κ1) is 14.2. The minimum atomic E-state index is -0.355. The van der Waals surface area contributed by atoms with Gasteiger partial charge in [-0.2, -0.15) is 0 Å². The molecule has 1 aliphatic heterocycles. The van der Waals surface area contributed by atoms with Crippen LogP contribution >= 0.6 is 23.2 Å². The second kappa shape index (κ2) is 5.80. The number of carbonyl (C=O) groups excluding carboxylic acids is 2. The number of rotatable bonds is 3. The summed E-state index contributed by atoms with van der Waals surface area (Å²) in [5.41, 5.74) is 5.87. The predicted molar refractivity (Wildman–Crippen MR) is 74.0 cm³/mol. The Kier molecular flexibility index (Phi) is 4.32. The number of carbonyl (C=O) groups is 2. The summed E-state index contributed by atoms with van der Waals surface area (Å²) in [6.07, 6.45) is 0.765. The molecule has 2 N–H and O–H groups in total. The van der Waals surface area contributed by atoms with Crippen LogP contribution in [0.15, 0.2) is 18.2 Å². The van der Waals surface area contributed by atoms with Gasteiger partial charge in [-0.05, 0) is 24.1 Å². The molecule has 4 nitrogen and oxygen atoms in total. The van der Waals surface area contributed by atoms with Crippen molar-refractivity contribution in [2.24, 2.45) is 11.7 Å². The number of likely N-dealkylation sites (tertiary alicyclic amines) is 1. The lowest BCUT2D eigenvalue weighted by Gasteiger charge is -2.16. The minimum Gasteiger partial charge on any atom is -0.369 e. The Morgan fingerprint density at radius 2 is 1.95 bits per heavy atom. The molecule has 6 heteroatoms. The topological polar surface area (TPSA) is 63.4 Å². The van der Waals surface area contributed by atoms with Gasteiger partial charge in [-0.15, -0.1) is 0 Å². The summed E-state index contributed by atoms with van der Waals surface area (Å²) in [5.74, 6) is -0.685. The van der Waals surface area contributed by atoms with Gasteiger partial charge in [0.25, 0.3) is 0 Å². The van der Waals surface area contributed by atoms with E-state index in [1.807, 2.05) is 0 Å². The van der Waals surface area contributed by atoms with Gasteiger partial charge in [0, 0.05) is 23.1 Å². The summed E-state index contributed by atoms with van der Waals surface area (Å²) in [6, 6.07) is 5.14. The van der Waals surface area contributed by atoms with E-state index in [-0.39, 0.29) is 24.2 Å². The summed E-state index contributed by atoms with van der Waals surface area (Å²) in [7, 11) is 0. The van der Waals surface area contributed by atoms with Crippen molar-refractivity contribution < 1.29 is 9.59 Å². The van der Waals surface area contributed by atoms with Crippen molar-refractivity contribution in [2.75, 3.05) is 13.1 Å². The van der Waals surface area contributed by atoms with E-state index >= 15 is 0 Å². The molecule has 0 saturated carbocycles. The van der Waals surface area contributed by atoms with Crippen LogP contribution < -0.4 is 5.73 Å². The molecule has 1 aromatic rings. The third kappa shape index (κ3) is 3.19. The maximum Gasteiger partial charge on any atom is 0.227 e. The highest BCUT2D eigenvalue weighted by atomic mass is 35.5. The van der Waals surface area contributed by atoms with E-state index < -0.39 is 0 Å². The lowest BCUT2D eigenvalue weighted by molar-refractivity contribution is -0.129. The van der Waals surface area contributed by atoms with Gasteiger partial charge in [0.05, 0.1) is 12.3 Å². The van der Waals surface area contributed by atoms with Crippen molar-refractivity contribution in [1.29, 1.82) is 0 Å². The average molecular weight is 301 g/mol. The van der Waals surface area contributed by atoms with Crippen molar-refractivity contribution in [2.45, 2.75) is 12.8 Å². The quantitative estimate of drug-likeness (QED) is 0.926. The second-order valence-electron chi connectivity index (χ2n) is 4.60. The molecule has 1 fully saturated rings. The Morgan fingerprint density at radius 3 is 2.47 bits per heavy atom. The molecule has 19 heavy (non-hydrogen) atoms. The lowest BCUT2D eigenvalue weighted by atomic mass is 10.1. The molecule has 1 aliphatic rings. The van der Waals surface area contributed by atoms with Gasteiger partial charge >= 0.3 is 0 Å². The molecule has 2 rings (SSSR count). The smallest absolute Gasteiger partial charge is 0.227 e. The van der Waals surface area contributed by atoms with E-state index in [2.05, 4.69) is 0 Å². The number of hydrogen-bond acceptors (Lipinski definition) is 2. The zero-order valence-corrected chi connectivity index (χ0v) is 11.7. The largest absolute Gasteiger partial charge is 0.369 e. The second-order valence-corrected chi connectivity index (χ2v) is 5.42. The molecular formula is C13H14Cl2N2O2. The van der Waals surface area contributed by atoms with Crippen LogP contribution in [-0.4, -0.2) is 29.8 Å². The molecule has 0 aliphatic carbocycles. The third-order valence-corrected chi connectivity index (χ3v) is 4.04. The average Bonchev–Trinajstić information content (AvgIpc) is 2.83. The number of hydrogen-bond donors (Lipinski definition) is 1. The normalized spacial score (nSPS) is 18.6. The first-order chi connectivity index (χ1) is 8.99. The van der Waals surface area contributed by atoms with Gasteiger partial charge < -0.3 is 10.6 Å². The zero-order chi connectivity index (χ0) is 14.0. The number of nitrogens with two attached hydrogens (primary N) is 1. The first-order valence-corrected chi connectivity index (χ1v) is 6.74. The number of amides is 2. The molecule has 1 saturated heterocycles. The molecule has 102 valence electrons. The van der Waals surface area contributed by atoms with Gasteiger partial charge in [-0.1, -0.05) is 29.3 Å². The van der Waals surface area contributed by atoms with E-state index in [1.54, 1.807) is 23.1 Å². The van der Waals surface area contributed by atoms with E-state index in [0.29, 0.717) is 35.1 Å². The van der Waals surface area contributed by atoms with E-state index in [4.69, 9.17) is 28.9 Å². The van der Waals surface area contributed by atoms with Crippen LogP contribution in [-0.2, 0) is 16.0 Å².